The van der Waals surface area contributed by atoms with Crippen molar-refractivity contribution < 1.29 is 18.3 Å². The van der Waals surface area contributed by atoms with Crippen molar-refractivity contribution in [3.05, 3.63) is 106 Å². The standard InChI is InChI=1S/C28H26F2N4O3/c29-23-5-3-19(15-24(23)30)17-34-13-1-2-21(28(34)36)27(35)33-16-18-4-6-25-22(14-18)26(9-12-32-25)37-20-7-10-31-11-8-20/h1-6,9,12-15,20,31H,7-8,10-11,16-17H2,(H,33,35). The molecule has 5 rings (SSSR count). The van der Waals surface area contributed by atoms with Gasteiger partial charge in [0, 0.05) is 24.3 Å². The Labute approximate surface area is 212 Å². The lowest BCUT2D eigenvalue weighted by molar-refractivity contribution is 0.0949. The van der Waals surface area contributed by atoms with E-state index in [0.29, 0.717) is 5.56 Å². The Morgan fingerprint density at radius 2 is 1.86 bits per heavy atom. The van der Waals surface area contributed by atoms with Crippen LogP contribution < -0.4 is 20.9 Å². The van der Waals surface area contributed by atoms with E-state index in [0.717, 1.165) is 60.3 Å². The number of nitrogens with one attached hydrogen (secondary N) is 2. The molecule has 0 saturated carbocycles. The predicted molar refractivity (Wildman–Crippen MR) is 136 cm³/mol. The van der Waals surface area contributed by atoms with E-state index in [1.807, 2.05) is 24.3 Å². The highest BCUT2D eigenvalue weighted by atomic mass is 19.2. The summed E-state index contributed by atoms with van der Waals surface area (Å²) in [5.74, 6) is -1.72. The van der Waals surface area contributed by atoms with Crippen molar-refractivity contribution in [2.45, 2.75) is 32.0 Å². The highest BCUT2D eigenvalue weighted by Gasteiger charge is 2.17. The van der Waals surface area contributed by atoms with Crippen molar-refractivity contribution in [2.24, 2.45) is 0 Å². The number of carbonyl (C=O) groups is 1. The molecule has 1 fully saturated rings. The molecule has 1 aliphatic heterocycles. The van der Waals surface area contributed by atoms with Crippen molar-refractivity contribution in [1.29, 1.82) is 0 Å². The van der Waals surface area contributed by atoms with Crippen LogP contribution in [0.25, 0.3) is 10.9 Å². The molecule has 0 spiro atoms. The lowest BCUT2D eigenvalue weighted by atomic mass is 10.1. The van der Waals surface area contributed by atoms with Crippen LogP contribution in [0.1, 0.15) is 34.3 Å². The molecule has 3 heterocycles. The summed E-state index contributed by atoms with van der Waals surface area (Å²) in [6.07, 6.45) is 5.23. The number of amides is 1. The molecular weight excluding hydrogens is 478 g/mol. The minimum absolute atomic E-state index is 0.00859. The molecule has 1 aliphatic rings. The SMILES string of the molecule is O=C(NCc1ccc2nccc(OC3CCNCC3)c2c1)c1cccn(Cc2ccc(F)c(F)c2)c1=O. The van der Waals surface area contributed by atoms with Gasteiger partial charge in [-0.3, -0.25) is 14.6 Å². The second-order valence-electron chi connectivity index (χ2n) is 9.01. The first-order valence-corrected chi connectivity index (χ1v) is 12.1. The van der Waals surface area contributed by atoms with E-state index in [9.17, 15) is 18.4 Å². The first-order valence-electron chi connectivity index (χ1n) is 12.1. The molecular formula is C28H26F2N4O3. The Morgan fingerprint density at radius 3 is 2.68 bits per heavy atom. The molecule has 0 atom stereocenters. The Hall–Kier alpha value is -4.11. The van der Waals surface area contributed by atoms with Gasteiger partial charge in [0.05, 0.1) is 12.1 Å². The second kappa shape index (κ2) is 10.9. The summed E-state index contributed by atoms with van der Waals surface area (Å²) in [5.41, 5.74) is 1.48. The van der Waals surface area contributed by atoms with Crippen LogP contribution in [0.5, 0.6) is 5.75 Å². The van der Waals surface area contributed by atoms with E-state index in [4.69, 9.17) is 4.74 Å². The molecule has 37 heavy (non-hydrogen) atoms. The van der Waals surface area contributed by atoms with Crippen molar-refractivity contribution >= 4 is 16.8 Å². The van der Waals surface area contributed by atoms with Gasteiger partial charge in [-0.15, -0.1) is 0 Å². The number of piperidine rings is 1. The summed E-state index contributed by atoms with van der Waals surface area (Å²) < 4.78 is 34.3. The first kappa shape index (κ1) is 24.6. The monoisotopic (exact) mass is 504 g/mol. The Balaban J connectivity index is 1.30. The van der Waals surface area contributed by atoms with Gasteiger partial charge >= 0.3 is 0 Å². The van der Waals surface area contributed by atoms with Gasteiger partial charge in [-0.25, -0.2) is 8.78 Å². The summed E-state index contributed by atoms with van der Waals surface area (Å²) in [6.45, 7) is 2.06. The van der Waals surface area contributed by atoms with E-state index < -0.39 is 23.1 Å². The quantitative estimate of drug-likeness (QED) is 0.400. The lowest BCUT2D eigenvalue weighted by Gasteiger charge is -2.24. The van der Waals surface area contributed by atoms with Gasteiger partial charge in [-0.2, -0.15) is 0 Å². The first-order chi connectivity index (χ1) is 18.0. The van der Waals surface area contributed by atoms with Crippen molar-refractivity contribution in [1.82, 2.24) is 20.2 Å². The van der Waals surface area contributed by atoms with Crippen LogP contribution in [0.15, 0.2) is 71.8 Å². The molecule has 190 valence electrons. The number of fused-ring (bicyclic) bond motifs is 1. The molecule has 9 heteroatoms. The zero-order valence-electron chi connectivity index (χ0n) is 20.0. The van der Waals surface area contributed by atoms with Crippen molar-refractivity contribution in [3.8, 4) is 5.75 Å². The zero-order chi connectivity index (χ0) is 25.8. The zero-order valence-corrected chi connectivity index (χ0v) is 20.0. The highest BCUT2D eigenvalue weighted by molar-refractivity contribution is 5.93. The van der Waals surface area contributed by atoms with Gasteiger partial charge in [-0.1, -0.05) is 12.1 Å². The molecule has 2 aromatic heterocycles. The summed E-state index contributed by atoms with van der Waals surface area (Å²) in [5, 5.41) is 6.99. The fourth-order valence-corrected chi connectivity index (χ4v) is 4.42. The lowest BCUT2D eigenvalue weighted by Crippen LogP contribution is -2.34. The van der Waals surface area contributed by atoms with Crippen LogP contribution in [0.2, 0.25) is 0 Å². The third-order valence-electron chi connectivity index (χ3n) is 6.40. The summed E-state index contributed by atoms with van der Waals surface area (Å²) >= 11 is 0. The molecule has 4 aromatic rings. The number of nitrogens with zero attached hydrogens (tertiary/aromatic N) is 2. The van der Waals surface area contributed by atoms with Gasteiger partial charge in [0.2, 0.25) is 0 Å². The number of hydrogen-bond acceptors (Lipinski definition) is 5. The minimum Gasteiger partial charge on any atom is -0.490 e. The van der Waals surface area contributed by atoms with E-state index in [1.54, 1.807) is 12.3 Å². The third kappa shape index (κ3) is 5.67. The number of carbonyl (C=O) groups excluding carboxylic acids is 1. The topological polar surface area (TPSA) is 85.2 Å². The minimum atomic E-state index is -0.991. The number of halogens is 2. The fourth-order valence-electron chi connectivity index (χ4n) is 4.42. The smallest absolute Gasteiger partial charge is 0.263 e. The maximum atomic E-state index is 13.6. The molecule has 0 aliphatic carbocycles. The van der Waals surface area contributed by atoms with Crippen LogP contribution in [0, 0.1) is 11.6 Å². The number of hydrogen-bond donors (Lipinski definition) is 2. The van der Waals surface area contributed by atoms with Crippen molar-refractivity contribution in [2.75, 3.05) is 13.1 Å². The van der Waals surface area contributed by atoms with Crippen LogP contribution in [0.4, 0.5) is 8.78 Å². The Morgan fingerprint density at radius 1 is 1.05 bits per heavy atom. The Kier molecular flexibility index (Phi) is 7.23. The van der Waals surface area contributed by atoms with Gasteiger partial charge in [0.1, 0.15) is 17.4 Å². The average molecular weight is 505 g/mol. The number of aromatic nitrogens is 2. The molecule has 1 amide bonds. The van der Waals surface area contributed by atoms with Crippen LogP contribution in [0.3, 0.4) is 0 Å². The van der Waals surface area contributed by atoms with Crippen LogP contribution in [-0.4, -0.2) is 34.7 Å². The normalized spacial score (nSPS) is 14.0. The molecule has 2 aromatic carbocycles. The number of benzene rings is 2. The van der Waals surface area contributed by atoms with E-state index >= 15 is 0 Å². The highest BCUT2D eigenvalue weighted by Crippen LogP contribution is 2.27. The number of pyridine rings is 2. The van der Waals surface area contributed by atoms with Gasteiger partial charge in [0.15, 0.2) is 11.6 Å². The van der Waals surface area contributed by atoms with Crippen LogP contribution >= 0.6 is 0 Å². The maximum absolute atomic E-state index is 13.6. The molecule has 0 bridgehead atoms. The molecule has 7 nitrogen and oxygen atoms in total. The number of rotatable bonds is 7. The summed E-state index contributed by atoms with van der Waals surface area (Å²) in [7, 11) is 0. The fraction of sp³-hybridized carbons (Fsp3) is 0.250. The molecule has 2 N–H and O–H groups in total. The largest absolute Gasteiger partial charge is 0.490 e. The molecule has 0 unspecified atom stereocenters. The molecule has 1 saturated heterocycles. The maximum Gasteiger partial charge on any atom is 0.263 e. The van der Waals surface area contributed by atoms with E-state index in [1.165, 1.54) is 22.9 Å². The second-order valence-corrected chi connectivity index (χ2v) is 9.01. The summed E-state index contributed by atoms with van der Waals surface area (Å²) in [6, 6.07) is 14.0. The predicted octanol–water partition coefficient (Wildman–Crippen LogP) is 3.78. The van der Waals surface area contributed by atoms with E-state index in [2.05, 4.69) is 15.6 Å². The number of ether oxygens (including phenoxy) is 1. The Bertz CT molecular complexity index is 1500. The van der Waals surface area contributed by atoms with Gasteiger partial charge in [-0.05, 0) is 79.5 Å². The third-order valence-corrected chi connectivity index (χ3v) is 6.40. The van der Waals surface area contributed by atoms with Gasteiger partial charge < -0.3 is 19.9 Å². The molecule has 0 radical (unpaired) electrons. The van der Waals surface area contributed by atoms with Gasteiger partial charge in [0.25, 0.3) is 11.5 Å². The van der Waals surface area contributed by atoms with E-state index in [-0.39, 0.29) is 24.8 Å². The van der Waals surface area contributed by atoms with Crippen molar-refractivity contribution in [3.63, 3.8) is 0 Å². The average Bonchev–Trinajstić information content (AvgIpc) is 2.91. The van der Waals surface area contributed by atoms with Crippen LogP contribution in [-0.2, 0) is 13.1 Å². The summed E-state index contributed by atoms with van der Waals surface area (Å²) in [4.78, 5) is 30.2.